The molecule has 1 N–H and O–H groups in total. The normalized spacial score (nSPS) is 15.0. The highest BCUT2D eigenvalue weighted by atomic mass is 19.4. The molecule has 0 aliphatic carbocycles. The van der Waals surface area contributed by atoms with Crippen molar-refractivity contribution >= 4 is 28.0 Å². The molecule has 1 fully saturated rings. The van der Waals surface area contributed by atoms with Crippen molar-refractivity contribution in [2.24, 2.45) is 0 Å². The van der Waals surface area contributed by atoms with Gasteiger partial charge in [-0.25, -0.2) is 0 Å². The van der Waals surface area contributed by atoms with Crippen LogP contribution in [0.1, 0.15) is 5.56 Å². The van der Waals surface area contributed by atoms with E-state index in [0.717, 1.165) is 49.0 Å². The van der Waals surface area contributed by atoms with Gasteiger partial charge >= 0.3 is 6.18 Å². The van der Waals surface area contributed by atoms with Gasteiger partial charge in [-0.2, -0.15) is 13.2 Å². The third-order valence-electron chi connectivity index (χ3n) is 6.30. The van der Waals surface area contributed by atoms with Gasteiger partial charge in [-0.15, -0.1) is 0 Å². The van der Waals surface area contributed by atoms with Gasteiger partial charge in [0.1, 0.15) is 0 Å². The van der Waals surface area contributed by atoms with Crippen molar-refractivity contribution in [3.63, 3.8) is 0 Å². The number of hydrogen-bond donors (Lipinski definition) is 1. The Morgan fingerprint density at radius 2 is 1.59 bits per heavy atom. The Balaban J connectivity index is 1.45. The van der Waals surface area contributed by atoms with Crippen molar-refractivity contribution in [2.75, 3.05) is 43.4 Å². The molecule has 0 radical (unpaired) electrons. The number of hydrogen-bond acceptors (Lipinski definition) is 4. The molecule has 1 aliphatic heterocycles. The second-order valence-electron chi connectivity index (χ2n) is 8.60. The number of likely N-dealkylation sites (N-methyl/N-ethyl adjacent to an activating group) is 1. The first-order valence-electron chi connectivity index (χ1n) is 11.2. The van der Waals surface area contributed by atoms with Crippen LogP contribution < -0.4 is 10.2 Å². The van der Waals surface area contributed by atoms with Crippen LogP contribution in [0, 0.1) is 0 Å². The van der Waals surface area contributed by atoms with Crippen molar-refractivity contribution in [3.05, 3.63) is 84.6 Å². The number of halogens is 3. The van der Waals surface area contributed by atoms with Crippen molar-refractivity contribution in [3.8, 4) is 11.1 Å². The summed E-state index contributed by atoms with van der Waals surface area (Å²) in [6, 6.07) is 21.0. The van der Waals surface area contributed by atoms with Crippen molar-refractivity contribution in [1.82, 2.24) is 9.88 Å². The molecular weight excluding hydrogens is 437 g/mol. The predicted molar refractivity (Wildman–Crippen MR) is 132 cm³/mol. The van der Waals surface area contributed by atoms with Gasteiger partial charge < -0.3 is 15.1 Å². The van der Waals surface area contributed by atoms with E-state index >= 15 is 0 Å². The first-order chi connectivity index (χ1) is 16.4. The minimum absolute atomic E-state index is 0.156. The molecule has 4 aromatic rings. The summed E-state index contributed by atoms with van der Waals surface area (Å²) in [5, 5.41) is 4.18. The highest BCUT2D eigenvalue weighted by Crippen LogP contribution is 2.38. The molecule has 0 spiro atoms. The van der Waals surface area contributed by atoms with Crippen LogP contribution in [-0.2, 0) is 6.18 Å². The summed E-state index contributed by atoms with van der Waals surface area (Å²) in [5.41, 5.74) is 3.61. The van der Waals surface area contributed by atoms with Crippen LogP contribution in [0.25, 0.3) is 22.0 Å². The number of benzene rings is 3. The molecule has 174 valence electrons. The fourth-order valence-electron chi connectivity index (χ4n) is 4.38. The van der Waals surface area contributed by atoms with Crippen LogP contribution in [0.2, 0.25) is 0 Å². The molecular formula is C27H25F3N4. The number of fused-ring (bicyclic) bond motifs is 1. The second-order valence-corrected chi connectivity index (χ2v) is 8.60. The number of piperazine rings is 1. The van der Waals surface area contributed by atoms with Gasteiger partial charge in [0.2, 0.25) is 0 Å². The molecule has 34 heavy (non-hydrogen) atoms. The summed E-state index contributed by atoms with van der Waals surface area (Å²) >= 11 is 0. The molecule has 0 saturated carbocycles. The van der Waals surface area contributed by atoms with E-state index in [4.69, 9.17) is 0 Å². The number of pyridine rings is 1. The third kappa shape index (κ3) is 4.56. The zero-order chi connectivity index (χ0) is 23.7. The fraction of sp³-hybridized carbons (Fsp3) is 0.222. The van der Waals surface area contributed by atoms with Gasteiger partial charge in [0.05, 0.1) is 11.1 Å². The molecule has 0 bridgehead atoms. The van der Waals surface area contributed by atoms with Crippen LogP contribution in [0.3, 0.4) is 0 Å². The average Bonchev–Trinajstić information content (AvgIpc) is 2.84. The fourth-order valence-corrected chi connectivity index (χ4v) is 4.38. The zero-order valence-corrected chi connectivity index (χ0v) is 18.8. The second kappa shape index (κ2) is 8.99. The maximum atomic E-state index is 13.6. The molecule has 0 amide bonds. The molecule has 1 aromatic heterocycles. The molecule has 7 heteroatoms. The van der Waals surface area contributed by atoms with E-state index in [1.54, 1.807) is 30.5 Å². The SMILES string of the molecule is CN1CCN(c2ccc(Nc3ccnc4ccc(-c5ccccc5C(F)(F)F)cc34)cc2)CC1. The van der Waals surface area contributed by atoms with Crippen molar-refractivity contribution < 1.29 is 13.2 Å². The number of nitrogens with zero attached hydrogens (tertiary/aromatic N) is 3. The van der Waals surface area contributed by atoms with E-state index in [1.807, 2.05) is 18.2 Å². The summed E-state index contributed by atoms with van der Waals surface area (Å²) in [4.78, 5) is 9.09. The Hall–Kier alpha value is -3.58. The van der Waals surface area contributed by atoms with Gasteiger partial charge in [0, 0.05) is 54.8 Å². The third-order valence-corrected chi connectivity index (χ3v) is 6.30. The Kier molecular flexibility index (Phi) is 5.87. The van der Waals surface area contributed by atoms with Gasteiger partial charge in [-0.3, -0.25) is 4.98 Å². The van der Waals surface area contributed by atoms with E-state index < -0.39 is 11.7 Å². The molecule has 0 atom stereocenters. The summed E-state index contributed by atoms with van der Waals surface area (Å²) in [6.45, 7) is 4.09. The summed E-state index contributed by atoms with van der Waals surface area (Å²) < 4.78 is 40.7. The van der Waals surface area contributed by atoms with E-state index in [2.05, 4.69) is 39.3 Å². The maximum absolute atomic E-state index is 13.6. The Labute approximate surface area is 196 Å². The zero-order valence-electron chi connectivity index (χ0n) is 18.8. The summed E-state index contributed by atoms with van der Waals surface area (Å²) in [7, 11) is 2.14. The van der Waals surface area contributed by atoms with Crippen LogP contribution >= 0.6 is 0 Å². The van der Waals surface area contributed by atoms with Gasteiger partial charge in [-0.05, 0) is 66.7 Å². The van der Waals surface area contributed by atoms with E-state index in [1.165, 1.54) is 17.8 Å². The summed E-state index contributed by atoms with van der Waals surface area (Å²) in [5.74, 6) is 0. The summed E-state index contributed by atoms with van der Waals surface area (Å²) in [6.07, 6.45) is -2.72. The first kappa shape index (κ1) is 22.2. The standard InChI is InChI=1S/C27H25F3N4/c1-33-14-16-34(17-15-33)21-9-7-20(8-10-21)32-26-12-13-31-25-11-6-19(18-23(25)26)22-4-2-3-5-24(22)27(28,29)30/h2-13,18H,14-17H2,1H3,(H,31,32). The molecule has 5 rings (SSSR count). The number of alkyl halides is 3. The lowest BCUT2D eigenvalue weighted by Gasteiger charge is -2.34. The van der Waals surface area contributed by atoms with Gasteiger partial charge in [0.25, 0.3) is 0 Å². The molecule has 4 nitrogen and oxygen atoms in total. The minimum Gasteiger partial charge on any atom is -0.369 e. The number of aromatic nitrogens is 1. The molecule has 0 unspecified atom stereocenters. The highest BCUT2D eigenvalue weighted by Gasteiger charge is 2.33. The molecule has 1 saturated heterocycles. The van der Waals surface area contributed by atoms with E-state index in [9.17, 15) is 13.2 Å². The number of rotatable bonds is 4. The van der Waals surface area contributed by atoms with Crippen molar-refractivity contribution in [1.29, 1.82) is 0 Å². The Bertz CT molecular complexity index is 1290. The van der Waals surface area contributed by atoms with Crippen molar-refractivity contribution in [2.45, 2.75) is 6.18 Å². The van der Waals surface area contributed by atoms with Gasteiger partial charge in [-0.1, -0.05) is 24.3 Å². The predicted octanol–water partition coefficient (Wildman–Crippen LogP) is 6.42. The smallest absolute Gasteiger partial charge is 0.369 e. The van der Waals surface area contributed by atoms with Gasteiger partial charge in [0.15, 0.2) is 0 Å². The first-order valence-corrected chi connectivity index (χ1v) is 11.2. The minimum atomic E-state index is -4.42. The highest BCUT2D eigenvalue weighted by molar-refractivity contribution is 5.96. The lowest BCUT2D eigenvalue weighted by Crippen LogP contribution is -2.44. The average molecular weight is 463 g/mol. The van der Waals surface area contributed by atoms with E-state index in [0.29, 0.717) is 11.1 Å². The van der Waals surface area contributed by atoms with Crippen LogP contribution in [0.15, 0.2) is 79.0 Å². The lowest BCUT2D eigenvalue weighted by molar-refractivity contribution is -0.137. The van der Waals surface area contributed by atoms with Crippen LogP contribution in [0.4, 0.5) is 30.2 Å². The maximum Gasteiger partial charge on any atom is 0.417 e. The van der Waals surface area contributed by atoms with Crippen LogP contribution in [-0.4, -0.2) is 43.1 Å². The quantitative estimate of drug-likeness (QED) is 0.379. The van der Waals surface area contributed by atoms with Crippen LogP contribution in [0.5, 0.6) is 0 Å². The largest absolute Gasteiger partial charge is 0.417 e. The van der Waals surface area contributed by atoms with E-state index in [-0.39, 0.29) is 5.56 Å². The monoisotopic (exact) mass is 462 g/mol. The number of nitrogens with one attached hydrogen (secondary N) is 1. The number of anilines is 3. The Morgan fingerprint density at radius 1 is 0.853 bits per heavy atom. The Morgan fingerprint density at radius 3 is 2.32 bits per heavy atom. The molecule has 2 heterocycles. The molecule has 1 aliphatic rings. The topological polar surface area (TPSA) is 31.4 Å². The lowest BCUT2D eigenvalue weighted by atomic mass is 9.97. The molecule has 3 aromatic carbocycles.